The van der Waals surface area contributed by atoms with E-state index in [0.29, 0.717) is 12.2 Å². The maximum absolute atomic E-state index is 13.7. The number of aromatic hydroxyl groups is 1. The van der Waals surface area contributed by atoms with Crippen molar-refractivity contribution in [2.45, 2.75) is 55.9 Å². The third kappa shape index (κ3) is 4.81. The van der Waals surface area contributed by atoms with Crippen LogP contribution in [0.2, 0.25) is 0 Å². The molecule has 2 heterocycles. The first kappa shape index (κ1) is 25.3. The van der Waals surface area contributed by atoms with Gasteiger partial charge in [0, 0.05) is 18.8 Å². The summed E-state index contributed by atoms with van der Waals surface area (Å²) < 4.78 is 28.6. The van der Waals surface area contributed by atoms with Crippen LogP contribution < -0.4 is 5.56 Å². The molecule has 36 heavy (non-hydrogen) atoms. The molecule has 2 aromatic heterocycles. The predicted octanol–water partition coefficient (Wildman–Crippen LogP) is 5.10. The van der Waals surface area contributed by atoms with Crippen molar-refractivity contribution < 1.29 is 13.5 Å². The number of sulfone groups is 1. The zero-order chi connectivity index (χ0) is 25.9. The third-order valence-corrected chi connectivity index (χ3v) is 8.10. The van der Waals surface area contributed by atoms with Gasteiger partial charge in [-0.1, -0.05) is 55.8 Å². The van der Waals surface area contributed by atoms with E-state index in [0.717, 1.165) is 35.1 Å². The van der Waals surface area contributed by atoms with Crippen LogP contribution in [0, 0.1) is 6.92 Å². The van der Waals surface area contributed by atoms with Gasteiger partial charge in [0.05, 0.1) is 10.9 Å². The number of pyridine rings is 1. The molecule has 4 aromatic rings. The minimum absolute atomic E-state index is 0.0904. The largest absolute Gasteiger partial charge is 0.492 e. The molecule has 0 radical (unpaired) electrons. The number of aromatic nitrogens is 3. The smallest absolute Gasteiger partial charge is 0.277 e. The highest BCUT2D eigenvalue weighted by Gasteiger charge is 2.31. The molecule has 0 saturated carbocycles. The van der Waals surface area contributed by atoms with Crippen molar-refractivity contribution in [1.82, 2.24) is 14.5 Å². The van der Waals surface area contributed by atoms with Crippen molar-refractivity contribution in [3.63, 3.8) is 0 Å². The molecule has 1 N–H and O–H groups in total. The van der Waals surface area contributed by atoms with Crippen molar-refractivity contribution in [2.24, 2.45) is 0 Å². The van der Waals surface area contributed by atoms with E-state index in [1.807, 2.05) is 57.2 Å². The minimum Gasteiger partial charge on any atom is -0.492 e. The van der Waals surface area contributed by atoms with Gasteiger partial charge in [0.25, 0.3) is 5.56 Å². The molecular weight excluding hydrogens is 474 g/mol. The van der Waals surface area contributed by atoms with Gasteiger partial charge in [0.1, 0.15) is 5.82 Å². The highest BCUT2D eigenvalue weighted by Crippen LogP contribution is 2.29. The first-order chi connectivity index (χ1) is 17.3. The van der Waals surface area contributed by atoms with Crippen molar-refractivity contribution in [1.29, 1.82) is 0 Å². The summed E-state index contributed by atoms with van der Waals surface area (Å²) in [5, 5.41) is 10.7. The summed E-state index contributed by atoms with van der Waals surface area (Å²) in [5.74, 6) is -0.408. The molecule has 8 heteroatoms. The van der Waals surface area contributed by atoms with Gasteiger partial charge < -0.3 is 5.11 Å². The predicted molar refractivity (Wildman–Crippen MR) is 139 cm³/mol. The second kappa shape index (κ2) is 10.5. The Hall–Kier alpha value is -3.78. The number of benzene rings is 2. The molecule has 0 aliphatic heterocycles. The Morgan fingerprint density at radius 1 is 1.03 bits per heavy atom. The van der Waals surface area contributed by atoms with E-state index in [9.17, 15) is 18.3 Å². The average Bonchev–Trinajstić information content (AvgIpc) is 2.87. The Bertz CT molecular complexity index is 1530. The molecule has 1 atom stereocenters. The molecule has 186 valence electrons. The first-order valence-corrected chi connectivity index (χ1v) is 13.4. The SMILES string of the molecule is CCCCc1nc(O)c(S(=O)(=O)c2ccc(-c3ccncc3C)cc2)c(=O)n1[C@H](C)c1ccccc1. The van der Waals surface area contributed by atoms with Crippen LogP contribution in [0.15, 0.2) is 87.6 Å². The molecule has 4 rings (SSSR count). The topological polar surface area (TPSA) is 102 Å². The third-order valence-electron chi connectivity index (χ3n) is 6.32. The first-order valence-electron chi connectivity index (χ1n) is 11.9. The second-order valence-electron chi connectivity index (χ2n) is 8.76. The summed E-state index contributed by atoms with van der Waals surface area (Å²) in [6.07, 6.45) is 5.46. The van der Waals surface area contributed by atoms with Gasteiger partial charge in [-0.05, 0) is 60.7 Å². The van der Waals surface area contributed by atoms with E-state index in [2.05, 4.69) is 9.97 Å². The van der Waals surface area contributed by atoms with E-state index in [4.69, 9.17) is 0 Å². The Labute approximate surface area is 211 Å². The Kier molecular flexibility index (Phi) is 7.35. The summed E-state index contributed by atoms with van der Waals surface area (Å²) in [6.45, 7) is 5.76. The normalized spacial score (nSPS) is 12.4. The van der Waals surface area contributed by atoms with Gasteiger partial charge in [-0.3, -0.25) is 14.3 Å². The second-order valence-corrected chi connectivity index (χ2v) is 10.7. The summed E-state index contributed by atoms with van der Waals surface area (Å²) in [4.78, 5) is 21.2. The van der Waals surface area contributed by atoms with Crippen molar-refractivity contribution >= 4 is 9.84 Å². The molecule has 0 bridgehead atoms. The standard InChI is InChI=1S/C28H29N3O4S/c1-4-5-11-25-30-27(32)26(28(33)31(25)20(3)21-9-7-6-8-10-21)36(34,35)23-14-12-22(13-15-23)24-16-17-29-18-19(24)2/h6-10,12-18,20,32H,4-5,11H2,1-3H3/t20-/m1/s1. The summed E-state index contributed by atoms with van der Waals surface area (Å²) in [5.41, 5.74) is 2.76. The summed E-state index contributed by atoms with van der Waals surface area (Å²) in [7, 11) is -4.34. The molecule has 2 aromatic carbocycles. The van der Waals surface area contributed by atoms with Crippen molar-refractivity contribution in [2.75, 3.05) is 0 Å². The van der Waals surface area contributed by atoms with Gasteiger partial charge in [-0.25, -0.2) is 8.42 Å². The fourth-order valence-electron chi connectivity index (χ4n) is 4.30. The van der Waals surface area contributed by atoms with E-state index in [1.54, 1.807) is 24.5 Å². The van der Waals surface area contributed by atoms with E-state index in [1.165, 1.54) is 16.7 Å². The lowest BCUT2D eigenvalue weighted by molar-refractivity contribution is 0.412. The van der Waals surface area contributed by atoms with Crippen molar-refractivity contribution in [3.05, 3.63) is 100 Å². The number of nitrogens with zero attached hydrogens (tertiary/aromatic N) is 3. The molecule has 0 aliphatic carbocycles. The molecule has 0 aliphatic rings. The van der Waals surface area contributed by atoms with Crippen LogP contribution in [0.25, 0.3) is 11.1 Å². The van der Waals surface area contributed by atoms with E-state index < -0.39 is 32.2 Å². The molecule has 0 amide bonds. The highest BCUT2D eigenvalue weighted by molar-refractivity contribution is 7.91. The van der Waals surface area contributed by atoms with Crippen LogP contribution >= 0.6 is 0 Å². The lowest BCUT2D eigenvalue weighted by atomic mass is 10.0. The minimum atomic E-state index is -4.34. The van der Waals surface area contributed by atoms with Gasteiger partial charge in [-0.15, -0.1) is 0 Å². The summed E-state index contributed by atoms with van der Waals surface area (Å²) >= 11 is 0. The van der Waals surface area contributed by atoms with E-state index in [-0.39, 0.29) is 4.90 Å². The number of aryl methyl sites for hydroxylation is 2. The summed E-state index contributed by atoms with van der Waals surface area (Å²) in [6, 6.07) is 17.0. The Morgan fingerprint density at radius 2 is 1.72 bits per heavy atom. The zero-order valence-corrected chi connectivity index (χ0v) is 21.4. The average molecular weight is 504 g/mol. The van der Waals surface area contributed by atoms with Gasteiger partial charge >= 0.3 is 0 Å². The fourth-order valence-corrected chi connectivity index (χ4v) is 5.65. The van der Waals surface area contributed by atoms with Crippen LogP contribution in [0.5, 0.6) is 5.88 Å². The van der Waals surface area contributed by atoms with Crippen LogP contribution in [0.3, 0.4) is 0 Å². The molecule has 0 spiro atoms. The highest BCUT2D eigenvalue weighted by atomic mass is 32.2. The van der Waals surface area contributed by atoms with Gasteiger partial charge in [0.15, 0.2) is 4.90 Å². The quantitative estimate of drug-likeness (QED) is 0.359. The molecule has 0 saturated heterocycles. The number of hydrogen-bond donors (Lipinski definition) is 1. The monoisotopic (exact) mass is 503 g/mol. The van der Waals surface area contributed by atoms with Crippen LogP contribution in [0.1, 0.15) is 49.7 Å². The zero-order valence-electron chi connectivity index (χ0n) is 20.5. The Morgan fingerprint density at radius 3 is 2.36 bits per heavy atom. The van der Waals surface area contributed by atoms with Crippen molar-refractivity contribution in [3.8, 4) is 17.0 Å². The Balaban J connectivity index is 1.84. The van der Waals surface area contributed by atoms with Crippen LogP contribution in [0.4, 0.5) is 0 Å². The molecule has 0 fully saturated rings. The van der Waals surface area contributed by atoms with E-state index >= 15 is 0 Å². The fraction of sp³-hybridized carbons (Fsp3) is 0.250. The maximum atomic E-state index is 13.7. The van der Waals surface area contributed by atoms with Gasteiger partial charge in [-0.2, -0.15) is 4.98 Å². The number of hydrogen-bond acceptors (Lipinski definition) is 6. The van der Waals surface area contributed by atoms with Crippen LogP contribution in [-0.2, 0) is 16.3 Å². The lowest BCUT2D eigenvalue weighted by Gasteiger charge is -2.21. The molecule has 7 nitrogen and oxygen atoms in total. The number of unbranched alkanes of at least 4 members (excludes halogenated alkanes) is 1. The number of rotatable bonds is 8. The molecule has 0 unspecified atom stereocenters. The maximum Gasteiger partial charge on any atom is 0.277 e. The van der Waals surface area contributed by atoms with Crippen LogP contribution in [-0.4, -0.2) is 28.1 Å². The molecular formula is C28H29N3O4S. The lowest BCUT2D eigenvalue weighted by Crippen LogP contribution is -2.32. The van der Waals surface area contributed by atoms with Gasteiger partial charge in [0.2, 0.25) is 15.7 Å².